The van der Waals surface area contributed by atoms with Crippen molar-refractivity contribution >= 4 is 5.91 Å². The molecule has 2 aromatic rings. The van der Waals surface area contributed by atoms with Gasteiger partial charge in [0.05, 0.1) is 6.04 Å². The summed E-state index contributed by atoms with van der Waals surface area (Å²) >= 11 is 0. The molecule has 2 heterocycles. The SMILES string of the molecule is O=C(C1CC1)N1CCCCC[C@H]1c1noc(-c2ccccc2)n1. The van der Waals surface area contributed by atoms with E-state index in [1.807, 2.05) is 35.2 Å². The van der Waals surface area contributed by atoms with Crippen LogP contribution in [0.25, 0.3) is 11.5 Å². The number of likely N-dealkylation sites (tertiary alicyclic amines) is 1. The van der Waals surface area contributed by atoms with Gasteiger partial charge < -0.3 is 9.42 Å². The van der Waals surface area contributed by atoms with Gasteiger partial charge in [0.1, 0.15) is 0 Å². The standard InChI is InChI=1S/C18H21N3O2/c22-18(14-10-11-14)21-12-6-2-5-9-15(21)16-19-17(23-20-16)13-7-3-1-4-8-13/h1,3-4,7-8,14-15H,2,5-6,9-12H2/t15-/m0/s1. The number of benzene rings is 1. The molecule has 1 saturated heterocycles. The third-order valence-corrected chi connectivity index (χ3v) is 4.72. The minimum absolute atomic E-state index is 0.0354. The topological polar surface area (TPSA) is 59.2 Å². The van der Waals surface area contributed by atoms with Gasteiger partial charge in [-0.3, -0.25) is 4.79 Å². The zero-order valence-corrected chi connectivity index (χ0v) is 13.1. The van der Waals surface area contributed by atoms with Crippen LogP contribution in [0.2, 0.25) is 0 Å². The summed E-state index contributed by atoms with van der Waals surface area (Å²) in [6, 6.07) is 9.74. The van der Waals surface area contributed by atoms with Crippen molar-refractivity contribution in [2.45, 2.75) is 44.6 Å². The zero-order valence-electron chi connectivity index (χ0n) is 13.1. The van der Waals surface area contributed by atoms with Crippen LogP contribution < -0.4 is 0 Å². The Morgan fingerprint density at radius 1 is 1.09 bits per heavy atom. The molecule has 1 atom stereocenters. The van der Waals surface area contributed by atoms with Gasteiger partial charge in [-0.25, -0.2) is 0 Å². The van der Waals surface area contributed by atoms with E-state index in [0.717, 1.165) is 50.6 Å². The van der Waals surface area contributed by atoms with Crippen molar-refractivity contribution in [1.29, 1.82) is 0 Å². The summed E-state index contributed by atoms with van der Waals surface area (Å²) in [5, 5.41) is 4.19. The first-order valence-electron chi connectivity index (χ1n) is 8.52. The van der Waals surface area contributed by atoms with Gasteiger partial charge in [0.25, 0.3) is 5.89 Å². The normalized spacial score (nSPS) is 21.9. The van der Waals surface area contributed by atoms with Gasteiger partial charge in [-0.2, -0.15) is 4.98 Å². The lowest BCUT2D eigenvalue weighted by atomic mass is 10.1. The number of carbonyl (C=O) groups is 1. The van der Waals surface area contributed by atoms with E-state index in [4.69, 9.17) is 4.52 Å². The fourth-order valence-corrected chi connectivity index (χ4v) is 3.27. The van der Waals surface area contributed by atoms with Crippen molar-refractivity contribution in [3.05, 3.63) is 36.2 Å². The predicted molar refractivity (Wildman–Crippen MR) is 85.4 cm³/mol. The van der Waals surface area contributed by atoms with E-state index in [9.17, 15) is 4.79 Å². The van der Waals surface area contributed by atoms with Crippen molar-refractivity contribution in [2.75, 3.05) is 6.54 Å². The molecule has 2 fully saturated rings. The van der Waals surface area contributed by atoms with Crippen molar-refractivity contribution in [2.24, 2.45) is 5.92 Å². The van der Waals surface area contributed by atoms with Gasteiger partial charge in [0.15, 0.2) is 5.82 Å². The van der Waals surface area contributed by atoms with Crippen LogP contribution >= 0.6 is 0 Å². The minimum atomic E-state index is -0.0354. The molecule has 0 radical (unpaired) electrons. The lowest BCUT2D eigenvalue weighted by Crippen LogP contribution is -2.36. The first-order chi connectivity index (χ1) is 11.3. The highest BCUT2D eigenvalue weighted by Gasteiger charge is 2.38. The zero-order chi connectivity index (χ0) is 15.6. The quantitative estimate of drug-likeness (QED) is 0.869. The molecular formula is C18H21N3O2. The first-order valence-corrected chi connectivity index (χ1v) is 8.52. The fourth-order valence-electron chi connectivity index (χ4n) is 3.27. The van der Waals surface area contributed by atoms with Gasteiger partial charge in [0, 0.05) is 18.0 Å². The molecule has 5 heteroatoms. The third kappa shape index (κ3) is 3.00. The van der Waals surface area contributed by atoms with Gasteiger partial charge in [0.2, 0.25) is 5.91 Å². The van der Waals surface area contributed by atoms with E-state index in [1.54, 1.807) is 0 Å². The van der Waals surface area contributed by atoms with Gasteiger partial charge >= 0.3 is 0 Å². The van der Waals surface area contributed by atoms with E-state index in [1.165, 1.54) is 0 Å². The maximum atomic E-state index is 12.6. The van der Waals surface area contributed by atoms with Crippen LogP contribution in [0.3, 0.4) is 0 Å². The Morgan fingerprint density at radius 2 is 1.91 bits per heavy atom. The van der Waals surface area contributed by atoms with Gasteiger partial charge in [-0.1, -0.05) is 36.2 Å². The molecule has 0 bridgehead atoms. The lowest BCUT2D eigenvalue weighted by Gasteiger charge is -2.27. The highest BCUT2D eigenvalue weighted by atomic mass is 16.5. The van der Waals surface area contributed by atoms with Crippen molar-refractivity contribution in [3.8, 4) is 11.5 Å². The Morgan fingerprint density at radius 3 is 2.70 bits per heavy atom. The summed E-state index contributed by atoms with van der Waals surface area (Å²) < 4.78 is 5.45. The molecule has 23 heavy (non-hydrogen) atoms. The molecule has 4 rings (SSSR count). The number of carbonyl (C=O) groups excluding carboxylic acids is 1. The molecule has 2 aliphatic rings. The summed E-state index contributed by atoms with van der Waals surface area (Å²) in [5.74, 6) is 1.70. The van der Waals surface area contributed by atoms with E-state index < -0.39 is 0 Å². The Kier molecular flexibility index (Phi) is 3.85. The molecule has 0 N–H and O–H groups in total. The Labute approximate surface area is 135 Å². The predicted octanol–water partition coefficient (Wildman–Crippen LogP) is 3.59. The minimum Gasteiger partial charge on any atom is -0.334 e. The summed E-state index contributed by atoms with van der Waals surface area (Å²) in [5.41, 5.74) is 0.917. The molecule has 5 nitrogen and oxygen atoms in total. The van der Waals surface area contributed by atoms with E-state index in [2.05, 4.69) is 10.1 Å². The van der Waals surface area contributed by atoms with Crippen molar-refractivity contribution in [3.63, 3.8) is 0 Å². The highest BCUT2D eigenvalue weighted by molar-refractivity contribution is 5.81. The summed E-state index contributed by atoms with van der Waals surface area (Å²) in [6.45, 7) is 0.815. The summed E-state index contributed by atoms with van der Waals surface area (Å²) in [4.78, 5) is 19.2. The molecule has 1 aliphatic heterocycles. The highest BCUT2D eigenvalue weighted by Crippen LogP contribution is 2.37. The number of rotatable bonds is 3. The second kappa shape index (κ2) is 6.14. The molecule has 0 spiro atoms. The van der Waals surface area contributed by atoms with Crippen LogP contribution in [0.15, 0.2) is 34.9 Å². The number of hydrogen-bond acceptors (Lipinski definition) is 4. The van der Waals surface area contributed by atoms with Crippen LogP contribution in [-0.2, 0) is 4.79 Å². The van der Waals surface area contributed by atoms with E-state index in [0.29, 0.717) is 11.7 Å². The van der Waals surface area contributed by atoms with Crippen LogP contribution in [-0.4, -0.2) is 27.5 Å². The average molecular weight is 311 g/mol. The van der Waals surface area contributed by atoms with Crippen LogP contribution in [0.5, 0.6) is 0 Å². The second-order valence-corrected chi connectivity index (χ2v) is 6.49. The fraction of sp³-hybridized carbons (Fsp3) is 0.500. The first kappa shape index (κ1) is 14.4. The molecule has 1 saturated carbocycles. The maximum absolute atomic E-state index is 12.6. The molecule has 1 amide bonds. The Hall–Kier alpha value is -2.17. The Balaban J connectivity index is 1.61. The van der Waals surface area contributed by atoms with Crippen molar-refractivity contribution < 1.29 is 9.32 Å². The lowest BCUT2D eigenvalue weighted by molar-refractivity contribution is -0.135. The van der Waals surface area contributed by atoms with Crippen LogP contribution in [0, 0.1) is 5.92 Å². The van der Waals surface area contributed by atoms with Gasteiger partial charge in [-0.05, 0) is 37.8 Å². The van der Waals surface area contributed by atoms with Crippen LogP contribution in [0.1, 0.15) is 50.4 Å². The third-order valence-electron chi connectivity index (χ3n) is 4.72. The molecule has 1 aliphatic carbocycles. The number of hydrogen-bond donors (Lipinski definition) is 0. The Bertz CT molecular complexity index is 679. The molecule has 1 aromatic carbocycles. The van der Waals surface area contributed by atoms with Crippen LogP contribution in [0.4, 0.5) is 0 Å². The van der Waals surface area contributed by atoms with E-state index >= 15 is 0 Å². The largest absolute Gasteiger partial charge is 0.334 e. The summed E-state index contributed by atoms with van der Waals surface area (Å²) in [6.07, 6.45) is 6.32. The molecule has 120 valence electrons. The van der Waals surface area contributed by atoms with E-state index in [-0.39, 0.29) is 17.9 Å². The van der Waals surface area contributed by atoms with Crippen molar-refractivity contribution in [1.82, 2.24) is 15.0 Å². The second-order valence-electron chi connectivity index (χ2n) is 6.49. The number of amides is 1. The average Bonchev–Trinajstić information content (AvgIpc) is 3.37. The smallest absolute Gasteiger partial charge is 0.257 e. The number of aromatic nitrogens is 2. The number of nitrogens with zero attached hydrogens (tertiary/aromatic N) is 3. The molecule has 0 unspecified atom stereocenters. The maximum Gasteiger partial charge on any atom is 0.257 e. The van der Waals surface area contributed by atoms with Gasteiger partial charge in [-0.15, -0.1) is 0 Å². The monoisotopic (exact) mass is 311 g/mol. The summed E-state index contributed by atoms with van der Waals surface area (Å²) in [7, 11) is 0. The molecular weight excluding hydrogens is 290 g/mol. The molecule has 1 aromatic heterocycles.